The number of carbonyl (C=O) groups is 2. The number of nitrogens with one attached hydrogen (secondary N) is 1. The van der Waals surface area contributed by atoms with E-state index in [2.05, 4.69) is 10.3 Å². The van der Waals surface area contributed by atoms with E-state index in [4.69, 9.17) is 0 Å². The number of ketones is 1. The predicted octanol–water partition coefficient (Wildman–Crippen LogP) is 2.90. The zero-order chi connectivity index (χ0) is 21.2. The van der Waals surface area contributed by atoms with E-state index in [1.807, 2.05) is 0 Å². The van der Waals surface area contributed by atoms with E-state index in [0.29, 0.717) is 11.3 Å². The van der Waals surface area contributed by atoms with Crippen molar-refractivity contribution < 1.29 is 26.8 Å². The van der Waals surface area contributed by atoms with E-state index < -0.39 is 26.4 Å². The minimum atomic E-state index is -4.72. The van der Waals surface area contributed by atoms with Crippen LogP contribution < -0.4 is 5.32 Å². The summed E-state index contributed by atoms with van der Waals surface area (Å²) >= 11 is 0. The zero-order valence-electron chi connectivity index (χ0n) is 15.0. The maximum absolute atomic E-state index is 12.5. The van der Waals surface area contributed by atoms with Gasteiger partial charge in [0.15, 0.2) is 5.82 Å². The normalized spacial score (nSPS) is 11.4. The van der Waals surface area contributed by atoms with Crippen LogP contribution in [-0.2, 0) is 16.9 Å². The lowest BCUT2D eigenvalue weighted by molar-refractivity contribution is 0.102. The average molecular weight is 419 g/mol. The van der Waals surface area contributed by atoms with E-state index >= 15 is 0 Å². The molecule has 3 rings (SSSR count). The van der Waals surface area contributed by atoms with Crippen molar-refractivity contribution in [1.82, 2.24) is 9.55 Å². The number of amides is 1. The van der Waals surface area contributed by atoms with Crippen molar-refractivity contribution in [3.63, 3.8) is 0 Å². The maximum Gasteiger partial charge on any atom is 0.341 e. The molecule has 1 amide bonds. The van der Waals surface area contributed by atoms with Crippen LogP contribution in [0.1, 0.15) is 26.5 Å². The number of benzene rings is 2. The molecule has 0 atom stereocenters. The molecule has 0 radical (unpaired) electrons. The third-order valence-corrected chi connectivity index (χ3v) is 5.51. The number of rotatable bonds is 6. The number of alkyl halides is 2. The fourth-order valence-corrected chi connectivity index (χ4v) is 3.24. The summed E-state index contributed by atoms with van der Waals surface area (Å²) in [7, 11) is -3.02. The first kappa shape index (κ1) is 20.3. The van der Waals surface area contributed by atoms with Crippen molar-refractivity contribution in [2.45, 2.75) is 10.7 Å². The molecule has 7 nitrogen and oxygen atoms in total. The van der Waals surface area contributed by atoms with Crippen molar-refractivity contribution in [2.24, 2.45) is 7.05 Å². The van der Waals surface area contributed by atoms with Gasteiger partial charge in [-0.1, -0.05) is 0 Å². The Bertz CT molecular complexity index is 1150. The van der Waals surface area contributed by atoms with Crippen molar-refractivity contribution in [3.8, 4) is 0 Å². The molecule has 2 aromatic carbocycles. The molecule has 1 aromatic heterocycles. The molecule has 0 saturated heterocycles. The Morgan fingerprint density at radius 3 is 2.10 bits per heavy atom. The number of anilines is 1. The van der Waals surface area contributed by atoms with Crippen LogP contribution in [-0.4, -0.2) is 35.4 Å². The highest BCUT2D eigenvalue weighted by molar-refractivity contribution is 7.91. The highest BCUT2D eigenvalue weighted by Crippen LogP contribution is 2.19. The van der Waals surface area contributed by atoms with Gasteiger partial charge in [0.05, 0.1) is 4.90 Å². The topological polar surface area (TPSA) is 98.1 Å². The second-order valence-corrected chi connectivity index (χ2v) is 7.97. The van der Waals surface area contributed by atoms with Crippen LogP contribution in [0, 0.1) is 0 Å². The minimum absolute atomic E-state index is 0.0892. The van der Waals surface area contributed by atoms with Crippen molar-refractivity contribution in [1.29, 1.82) is 0 Å². The Kier molecular flexibility index (Phi) is 5.55. The summed E-state index contributed by atoms with van der Waals surface area (Å²) in [5.74, 6) is -4.09. The fourth-order valence-electron chi connectivity index (χ4n) is 2.52. The third kappa shape index (κ3) is 4.21. The van der Waals surface area contributed by atoms with Gasteiger partial charge in [0, 0.05) is 36.3 Å². The van der Waals surface area contributed by atoms with E-state index in [0.717, 1.165) is 24.3 Å². The first-order valence-electron chi connectivity index (χ1n) is 8.25. The number of hydrogen-bond acceptors (Lipinski definition) is 5. The fraction of sp³-hybridized carbons (Fsp3) is 0.105. The first-order chi connectivity index (χ1) is 13.7. The average Bonchev–Trinajstić information content (AvgIpc) is 3.14. The SMILES string of the molecule is Cn1ccnc1C(=O)c1ccc(NC(=O)c2ccc(S(=O)(=O)C(F)F)cc2)cc1. The van der Waals surface area contributed by atoms with Crippen LogP contribution in [0.3, 0.4) is 0 Å². The van der Waals surface area contributed by atoms with Gasteiger partial charge < -0.3 is 9.88 Å². The number of carbonyl (C=O) groups excluding carboxylic acids is 2. The molecule has 0 saturated carbocycles. The van der Waals surface area contributed by atoms with Crippen molar-refractivity contribution in [2.75, 3.05) is 5.32 Å². The lowest BCUT2D eigenvalue weighted by Crippen LogP contribution is -2.14. The molecular weight excluding hydrogens is 404 g/mol. The monoisotopic (exact) mass is 419 g/mol. The Morgan fingerprint density at radius 2 is 1.59 bits per heavy atom. The Balaban J connectivity index is 1.71. The number of nitrogens with zero attached hydrogens (tertiary/aromatic N) is 2. The predicted molar refractivity (Wildman–Crippen MR) is 101 cm³/mol. The molecule has 1 heterocycles. The Hall–Kier alpha value is -3.40. The molecule has 150 valence electrons. The van der Waals surface area contributed by atoms with Crippen LogP contribution in [0.5, 0.6) is 0 Å². The van der Waals surface area contributed by atoms with Gasteiger partial charge in [0.2, 0.25) is 15.6 Å². The largest absolute Gasteiger partial charge is 0.341 e. The zero-order valence-corrected chi connectivity index (χ0v) is 15.9. The molecule has 0 aliphatic carbocycles. The summed E-state index contributed by atoms with van der Waals surface area (Å²) in [5.41, 5.74) is 0.876. The van der Waals surface area contributed by atoms with E-state index in [9.17, 15) is 26.8 Å². The molecule has 0 bridgehead atoms. The summed E-state index contributed by atoms with van der Waals surface area (Å²) in [6, 6.07) is 10.3. The van der Waals surface area contributed by atoms with Gasteiger partial charge >= 0.3 is 5.76 Å². The molecule has 0 aliphatic heterocycles. The third-order valence-electron chi connectivity index (χ3n) is 4.11. The van der Waals surface area contributed by atoms with E-state index in [-0.39, 0.29) is 17.2 Å². The van der Waals surface area contributed by atoms with E-state index in [1.165, 1.54) is 30.5 Å². The summed E-state index contributed by atoms with van der Waals surface area (Å²) < 4.78 is 49.5. The molecule has 0 fully saturated rings. The molecular formula is C19H15F2N3O4S. The smallest absolute Gasteiger partial charge is 0.331 e. The second kappa shape index (κ2) is 7.92. The molecule has 0 spiro atoms. The van der Waals surface area contributed by atoms with Crippen LogP contribution >= 0.6 is 0 Å². The van der Waals surface area contributed by atoms with Crippen molar-refractivity contribution >= 4 is 27.2 Å². The van der Waals surface area contributed by atoms with E-state index in [1.54, 1.807) is 17.8 Å². The minimum Gasteiger partial charge on any atom is -0.331 e. The molecule has 0 unspecified atom stereocenters. The van der Waals surface area contributed by atoms with Gasteiger partial charge in [-0.25, -0.2) is 13.4 Å². The summed E-state index contributed by atoms with van der Waals surface area (Å²) in [4.78, 5) is 28.1. The molecule has 10 heteroatoms. The van der Waals surface area contributed by atoms with Gasteiger partial charge in [-0.05, 0) is 48.5 Å². The summed E-state index contributed by atoms with van der Waals surface area (Å²) in [6.45, 7) is 0. The van der Waals surface area contributed by atoms with Gasteiger partial charge in [0.25, 0.3) is 5.91 Å². The maximum atomic E-state index is 12.5. The van der Waals surface area contributed by atoms with Crippen molar-refractivity contribution in [3.05, 3.63) is 77.9 Å². The lowest BCUT2D eigenvalue weighted by Gasteiger charge is -2.08. The van der Waals surface area contributed by atoms with Gasteiger partial charge in [0.1, 0.15) is 0 Å². The van der Waals surface area contributed by atoms with Gasteiger partial charge in [-0.3, -0.25) is 9.59 Å². The lowest BCUT2D eigenvalue weighted by atomic mass is 10.1. The van der Waals surface area contributed by atoms with Gasteiger partial charge in [-0.2, -0.15) is 8.78 Å². The first-order valence-corrected chi connectivity index (χ1v) is 9.80. The number of hydrogen-bond donors (Lipinski definition) is 1. The summed E-state index contributed by atoms with van der Waals surface area (Å²) in [6.07, 6.45) is 3.17. The quantitative estimate of drug-likeness (QED) is 0.620. The number of aryl methyl sites for hydroxylation is 1. The Morgan fingerprint density at radius 1 is 1.00 bits per heavy atom. The Labute approximate surface area is 164 Å². The number of halogens is 2. The number of sulfone groups is 1. The molecule has 29 heavy (non-hydrogen) atoms. The van der Waals surface area contributed by atoms with Crippen LogP contribution in [0.4, 0.5) is 14.5 Å². The molecule has 3 aromatic rings. The second-order valence-electron chi connectivity index (χ2n) is 6.05. The number of imidazole rings is 1. The van der Waals surface area contributed by atoms with Gasteiger partial charge in [-0.15, -0.1) is 0 Å². The van der Waals surface area contributed by atoms with Crippen LogP contribution in [0.2, 0.25) is 0 Å². The highest BCUT2D eigenvalue weighted by Gasteiger charge is 2.26. The summed E-state index contributed by atoms with van der Waals surface area (Å²) in [5, 5.41) is 2.58. The number of aromatic nitrogens is 2. The standard InChI is InChI=1S/C19H15F2N3O4S/c1-24-11-10-22-17(24)16(25)12-2-6-14(7-3-12)23-18(26)13-4-8-15(9-5-13)29(27,28)19(20)21/h2-11,19H,1H3,(H,23,26). The highest BCUT2D eigenvalue weighted by atomic mass is 32.2. The van der Waals surface area contributed by atoms with Crippen LogP contribution in [0.15, 0.2) is 65.8 Å². The molecule has 1 N–H and O–H groups in total. The molecule has 0 aliphatic rings. The van der Waals surface area contributed by atoms with Crippen LogP contribution in [0.25, 0.3) is 0 Å².